The SMILES string of the molecule is C1CCC2(CC1)CSSC2.[Cl][Hg][Cl]. The molecule has 2 aliphatic rings. The van der Waals surface area contributed by atoms with Crippen molar-refractivity contribution in [3.63, 3.8) is 0 Å². The van der Waals surface area contributed by atoms with E-state index in [1.165, 1.54) is 43.6 Å². The summed E-state index contributed by atoms with van der Waals surface area (Å²) < 4.78 is 0. The Labute approximate surface area is 108 Å². The van der Waals surface area contributed by atoms with E-state index >= 15 is 0 Å². The van der Waals surface area contributed by atoms with Gasteiger partial charge in [0.1, 0.15) is 0 Å². The molecule has 0 unspecified atom stereocenters. The standard InChI is InChI=1S/C8H14S2.2ClH.Hg/c1-2-4-8(5-3-1)6-9-10-7-8;;;/h1-7H2;2*1H;/q;;;+2/p-2. The summed E-state index contributed by atoms with van der Waals surface area (Å²) in [4.78, 5) is 0. The van der Waals surface area contributed by atoms with Crippen LogP contribution in [-0.4, -0.2) is 11.5 Å². The fraction of sp³-hybridized carbons (Fsp3) is 1.00. The molecule has 1 spiro atoms. The maximum absolute atomic E-state index is 4.99. The average Bonchev–Trinajstić information content (AvgIpc) is 2.56. The van der Waals surface area contributed by atoms with Crippen LogP contribution < -0.4 is 0 Å². The van der Waals surface area contributed by atoms with Crippen LogP contribution in [0.1, 0.15) is 32.1 Å². The molecule has 0 nitrogen and oxygen atoms in total. The number of halogens is 2. The van der Waals surface area contributed by atoms with E-state index in [1.54, 1.807) is 0 Å². The average molecular weight is 446 g/mol. The summed E-state index contributed by atoms with van der Waals surface area (Å²) in [6, 6.07) is 0. The van der Waals surface area contributed by atoms with Crippen LogP contribution in [0.2, 0.25) is 0 Å². The zero-order valence-corrected chi connectivity index (χ0v) is 16.4. The van der Waals surface area contributed by atoms with Gasteiger partial charge in [-0.05, 0) is 18.3 Å². The first-order chi connectivity index (χ1) is 6.33. The number of rotatable bonds is 0. The second-order valence-electron chi connectivity index (χ2n) is 3.69. The Bertz CT molecular complexity index is 132. The van der Waals surface area contributed by atoms with E-state index in [0.29, 0.717) is 0 Å². The van der Waals surface area contributed by atoms with Gasteiger partial charge in [-0.15, -0.1) is 0 Å². The van der Waals surface area contributed by atoms with Gasteiger partial charge in [-0.3, -0.25) is 0 Å². The topological polar surface area (TPSA) is 0 Å². The van der Waals surface area contributed by atoms with Gasteiger partial charge >= 0.3 is 38.6 Å². The molecular weight excluding hydrogens is 432 g/mol. The Hall–Kier alpha value is 2.22. The Morgan fingerprint density at radius 1 is 0.923 bits per heavy atom. The van der Waals surface area contributed by atoms with E-state index < -0.39 is 22.1 Å². The molecule has 2 rings (SSSR count). The molecule has 1 aliphatic heterocycles. The third-order valence-corrected chi connectivity index (χ3v) is 5.56. The molecule has 1 saturated carbocycles. The molecule has 0 aromatic carbocycles. The summed E-state index contributed by atoms with van der Waals surface area (Å²) in [6.07, 6.45) is 7.54. The fourth-order valence-corrected chi connectivity index (χ4v) is 5.54. The van der Waals surface area contributed by atoms with Gasteiger partial charge in [0.15, 0.2) is 0 Å². The molecule has 1 aliphatic carbocycles. The Kier molecular flexibility index (Phi) is 7.64. The summed E-state index contributed by atoms with van der Waals surface area (Å²) >= 11 is -1.14. The van der Waals surface area contributed by atoms with E-state index in [4.69, 9.17) is 16.5 Å². The van der Waals surface area contributed by atoms with Crippen molar-refractivity contribution in [3.05, 3.63) is 0 Å². The van der Waals surface area contributed by atoms with Crippen LogP contribution in [0, 0.1) is 5.41 Å². The second-order valence-corrected chi connectivity index (χ2v) is 14.0. The molecule has 5 heteroatoms. The molecule has 0 aromatic heterocycles. The van der Waals surface area contributed by atoms with Crippen LogP contribution in [-0.2, 0) is 22.1 Å². The van der Waals surface area contributed by atoms with Gasteiger partial charge in [-0.25, -0.2) is 0 Å². The van der Waals surface area contributed by atoms with Crippen molar-refractivity contribution in [2.24, 2.45) is 5.41 Å². The van der Waals surface area contributed by atoms with Crippen molar-refractivity contribution in [1.82, 2.24) is 0 Å². The van der Waals surface area contributed by atoms with Gasteiger partial charge in [0, 0.05) is 11.5 Å². The number of hydrogen-bond donors (Lipinski definition) is 0. The van der Waals surface area contributed by atoms with E-state index in [-0.39, 0.29) is 0 Å². The predicted molar refractivity (Wildman–Crippen MR) is 62.1 cm³/mol. The summed E-state index contributed by atoms with van der Waals surface area (Å²) in [5.41, 5.74) is 0.799. The van der Waals surface area contributed by atoms with Crippen LogP contribution in [0.25, 0.3) is 0 Å². The molecule has 13 heavy (non-hydrogen) atoms. The summed E-state index contributed by atoms with van der Waals surface area (Å²) in [5.74, 6) is 2.88. The van der Waals surface area contributed by atoms with Crippen LogP contribution >= 0.6 is 38.1 Å². The first-order valence-corrected chi connectivity index (χ1v) is 20.7. The molecule has 0 bridgehead atoms. The fourth-order valence-electron chi connectivity index (χ4n) is 1.97. The third-order valence-electron chi connectivity index (χ3n) is 2.73. The normalized spacial score (nSPS) is 24.8. The van der Waals surface area contributed by atoms with E-state index in [2.05, 4.69) is 21.6 Å². The van der Waals surface area contributed by atoms with Crippen molar-refractivity contribution in [1.29, 1.82) is 0 Å². The van der Waals surface area contributed by atoms with E-state index in [1.807, 2.05) is 0 Å². The van der Waals surface area contributed by atoms with Gasteiger partial charge in [0.2, 0.25) is 0 Å². The summed E-state index contributed by atoms with van der Waals surface area (Å²) in [6.45, 7) is 0. The zero-order valence-electron chi connectivity index (χ0n) is 7.73. The quantitative estimate of drug-likeness (QED) is 0.391. The molecule has 0 amide bonds. The molecule has 0 atom stereocenters. The Morgan fingerprint density at radius 2 is 1.38 bits per heavy atom. The van der Waals surface area contributed by atoms with Gasteiger partial charge in [0.05, 0.1) is 0 Å². The zero-order chi connectivity index (χ0) is 9.57. The molecule has 1 heterocycles. The van der Waals surface area contributed by atoms with Gasteiger partial charge in [-0.2, -0.15) is 0 Å². The van der Waals surface area contributed by atoms with E-state index in [0.717, 1.165) is 5.41 Å². The Balaban J connectivity index is 0.000000251. The van der Waals surface area contributed by atoms with Crippen molar-refractivity contribution in [3.8, 4) is 0 Å². The molecule has 2 fully saturated rings. The van der Waals surface area contributed by atoms with Crippen LogP contribution in [0.4, 0.5) is 0 Å². The monoisotopic (exact) mass is 446 g/mol. The van der Waals surface area contributed by atoms with Crippen molar-refractivity contribution in [2.75, 3.05) is 11.5 Å². The third kappa shape index (κ3) is 4.71. The molecule has 0 aromatic rings. The van der Waals surface area contributed by atoms with E-state index in [9.17, 15) is 0 Å². The van der Waals surface area contributed by atoms with Crippen LogP contribution in [0.3, 0.4) is 0 Å². The molecule has 74 valence electrons. The predicted octanol–water partition coefficient (Wildman–Crippen LogP) is 4.71. The minimum atomic E-state index is -1.14. The first kappa shape index (κ1) is 13.3. The van der Waals surface area contributed by atoms with Crippen molar-refractivity contribution >= 4 is 38.1 Å². The van der Waals surface area contributed by atoms with Crippen LogP contribution in [0.15, 0.2) is 0 Å². The first-order valence-electron chi connectivity index (χ1n) is 4.69. The minimum absolute atomic E-state index is 0.799. The number of hydrogen-bond acceptors (Lipinski definition) is 2. The van der Waals surface area contributed by atoms with Gasteiger partial charge in [0.25, 0.3) is 0 Å². The second kappa shape index (κ2) is 7.48. The molecular formula is C8H14Cl2HgS2. The summed E-state index contributed by atoms with van der Waals surface area (Å²) in [5, 5.41) is 0. The maximum atomic E-state index is 4.99. The van der Waals surface area contributed by atoms with Gasteiger partial charge in [-0.1, -0.05) is 40.9 Å². The van der Waals surface area contributed by atoms with Crippen molar-refractivity contribution in [2.45, 2.75) is 32.1 Å². The van der Waals surface area contributed by atoms with Crippen LogP contribution in [0.5, 0.6) is 0 Å². The van der Waals surface area contributed by atoms with Gasteiger partial charge < -0.3 is 0 Å². The summed E-state index contributed by atoms with van der Waals surface area (Å²) in [7, 11) is 14.2. The Morgan fingerprint density at radius 3 is 1.85 bits per heavy atom. The molecule has 1 saturated heterocycles. The molecule has 0 radical (unpaired) electrons. The van der Waals surface area contributed by atoms with Crippen molar-refractivity contribution < 1.29 is 22.1 Å². The molecule has 0 N–H and O–H groups in total.